The molecule has 0 aliphatic heterocycles. The SMILES string of the molecule is CC(C)(C)c1ccc2c(c1)c1cc(C(C)(C)C)ccc1n2-c1cc(C(F)(F)F)ccc1-c1ccncc1-n1c2ccc(C(C)(C)C)cc2c2cc(C(C)(C)Cc3cccc4c3c3cc(-c5ccccc5)ccc3n4-c3cc(C(F)(F)F)ccc3-c3ccncc3-n3c4ccccc4c4cc(-c5ccccc5)ccc43)ccc21. The fraction of sp³-hybridized carbons (Fsp3) is 0.180. The van der Waals surface area contributed by atoms with Crippen molar-refractivity contribution in [3.8, 4) is 67.3 Å². The van der Waals surface area contributed by atoms with Gasteiger partial charge in [0.1, 0.15) is 0 Å². The van der Waals surface area contributed by atoms with Gasteiger partial charge in [-0.3, -0.25) is 9.97 Å². The van der Waals surface area contributed by atoms with Crippen LogP contribution in [-0.2, 0) is 40.4 Å². The van der Waals surface area contributed by atoms with E-state index in [2.05, 4.69) is 237 Å². The number of fused-ring (bicyclic) bond motifs is 12. The smallest absolute Gasteiger partial charge is 0.309 e. The molecule has 0 radical (unpaired) electrons. The highest BCUT2D eigenvalue weighted by Gasteiger charge is 2.36. The Morgan fingerprint density at radius 1 is 0.259 bits per heavy atom. The van der Waals surface area contributed by atoms with Crippen LogP contribution in [0.3, 0.4) is 0 Å². The molecule has 112 heavy (non-hydrogen) atoms. The number of nitrogens with zero attached hydrogens (tertiary/aromatic N) is 6. The molecule has 0 amide bonds. The summed E-state index contributed by atoms with van der Waals surface area (Å²) in [5.41, 5.74) is 18.1. The van der Waals surface area contributed by atoms with Crippen molar-refractivity contribution >= 4 is 87.2 Å². The van der Waals surface area contributed by atoms with E-state index in [1.54, 1.807) is 24.5 Å². The summed E-state index contributed by atoms with van der Waals surface area (Å²) in [4.78, 5) is 9.57. The number of benzene rings is 12. The van der Waals surface area contributed by atoms with Gasteiger partial charge in [0.2, 0.25) is 0 Å². The second kappa shape index (κ2) is 25.9. The maximum absolute atomic E-state index is 15.7. The highest BCUT2D eigenvalue weighted by atomic mass is 19.4. The van der Waals surface area contributed by atoms with Gasteiger partial charge in [0.15, 0.2) is 0 Å². The lowest BCUT2D eigenvalue weighted by molar-refractivity contribution is -0.138. The summed E-state index contributed by atoms with van der Waals surface area (Å²) >= 11 is 0. The molecule has 18 rings (SSSR count). The van der Waals surface area contributed by atoms with E-state index in [0.29, 0.717) is 51.4 Å². The van der Waals surface area contributed by atoms with Gasteiger partial charge < -0.3 is 18.3 Å². The molecule has 0 fully saturated rings. The first kappa shape index (κ1) is 71.3. The molecule has 0 unspecified atom stereocenters. The summed E-state index contributed by atoms with van der Waals surface area (Å²) in [5, 5.41) is 7.75. The molecule has 0 atom stereocenters. The Morgan fingerprint density at radius 2 is 0.598 bits per heavy atom. The Balaban J connectivity index is 0.811. The number of para-hydroxylation sites is 1. The molecule has 12 aromatic carbocycles. The van der Waals surface area contributed by atoms with E-state index >= 15 is 26.3 Å². The Labute approximate surface area is 646 Å². The molecule has 554 valence electrons. The van der Waals surface area contributed by atoms with Crippen molar-refractivity contribution in [1.29, 1.82) is 0 Å². The quantitative estimate of drug-likeness (QED) is 0.121. The van der Waals surface area contributed by atoms with Crippen molar-refractivity contribution in [3.05, 3.63) is 325 Å². The minimum absolute atomic E-state index is 0.205. The molecular formula is C100H82F6N6. The van der Waals surface area contributed by atoms with E-state index in [-0.39, 0.29) is 16.2 Å². The van der Waals surface area contributed by atoms with Crippen LogP contribution in [0.2, 0.25) is 0 Å². The first-order valence-electron chi connectivity index (χ1n) is 38.2. The summed E-state index contributed by atoms with van der Waals surface area (Å²) in [7, 11) is 0. The van der Waals surface area contributed by atoms with E-state index in [1.165, 1.54) is 24.3 Å². The molecule has 6 heterocycles. The summed E-state index contributed by atoms with van der Waals surface area (Å²) < 4.78 is 102. The fourth-order valence-electron chi connectivity index (χ4n) is 17.2. The number of hydrogen-bond donors (Lipinski definition) is 0. The van der Waals surface area contributed by atoms with Crippen LogP contribution < -0.4 is 0 Å². The summed E-state index contributed by atoms with van der Waals surface area (Å²) in [6, 6.07) is 85.7. The van der Waals surface area contributed by atoms with Crippen molar-refractivity contribution in [1.82, 2.24) is 28.2 Å². The van der Waals surface area contributed by atoms with Gasteiger partial charge in [0.25, 0.3) is 0 Å². The maximum Gasteiger partial charge on any atom is 0.416 e. The molecule has 0 spiro atoms. The third-order valence-corrected chi connectivity index (χ3v) is 23.1. The van der Waals surface area contributed by atoms with E-state index < -0.39 is 28.9 Å². The zero-order valence-corrected chi connectivity index (χ0v) is 64.3. The third-order valence-electron chi connectivity index (χ3n) is 23.1. The van der Waals surface area contributed by atoms with E-state index in [0.717, 1.165) is 137 Å². The number of pyridine rings is 2. The second-order valence-corrected chi connectivity index (χ2v) is 33.8. The normalized spacial score (nSPS) is 12.9. The lowest BCUT2D eigenvalue weighted by Crippen LogP contribution is -2.20. The van der Waals surface area contributed by atoms with Crippen molar-refractivity contribution in [3.63, 3.8) is 0 Å². The third kappa shape index (κ3) is 12.0. The van der Waals surface area contributed by atoms with Gasteiger partial charge in [-0.15, -0.1) is 0 Å². The van der Waals surface area contributed by atoms with Gasteiger partial charge >= 0.3 is 12.4 Å². The first-order chi connectivity index (χ1) is 53.5. The molecule has 6 nitrogen and oxygen atoms in total. The predicted octanol–water partition coefficient (Wildman–Crippen LogP) is 28.0. The van der Waals surface area contributed by atoms with E-state index in [9.17, 15) is 0 Å². The Kier molecular flexibility index (Phi) is 16.5. The Bertz CT molecular complexity index is 6770. The minimum Gasteiger partial charge on any atom is -0.309 e. The first-order valence-corrected chi connectivity index (χ1v) is 38.2. The molecule has 0 aliphatic rings. The van der Waals surface area contributed by atoms with Crippen LogP contribution in [0.25, 0.3) is 154 Å². The van der Waals surface area contributed by atoms with Crippen molar-refractivity contribution < 1.29 is 26.3 Å². The number of rotatable bonds is 11. The van der Waals surface area contributed by atoms with E-state index in [1.807, 2.05) is 94.3 Å². The number of aromatic nitrogens is 6. The van der Waals surface area contributed by atoms with Crippen LogP contribution in [0.1, 0.15) is 115 Å². The Hall–Kier alpha value is -12.3. The van der Waals surface area contributed by atoms with Gasteiger partial charge in [-0.2, -0.15) is 26.3 Å². The highest BCUT2D eigenvalue weighted by Crippen LogP contribution is 2.50. The molecular weight excluding hydrogens is 1400 g/mol. The Morgan fingerprint density at radius 3 is 1.04 bits per heavy atom. The predicted molar refractivity (Wildman–Crippen MR) is 450 cm³/mol. The molecule has 0 aliphatic carbocycles. The number of alkyl halides is 6. The maximum atomic E-state index is 15.7. The van der Waals surface area contributed by atoms with Crippen LogP contribution in [-0.4, -0.2) is 28.2 Å². The highest BCUT2D eigenvalue weighted by molar-refractivity contribution is 6.15. The molecule has 0 saturated carbocycles. The van der Waals surface area contributed by atoms with Gasteiger partial charge in [-0.1, -0.05) is 216 Å². The van der Waals surface area contributed by atoms with Crippen LogP contribution >= 0.6 is 0 Å². The molecule has 0 bridgehead atoms. The van der Waals surface area contributed by atoms with Gasteiger partial charge in [-0.05, 0) is 199 Å². The number of hydrogen-bond acceptors (Lipinski definition) is 2. The molecule has 6 aromatic heterocycles. The average Bonchev–Trinajstić information content (AvgIpc) is 1.56. The molecule has 12 heteroatoms. The molecule has 0 N–H and O–H groups in total. The fourth-order valence-corrected chi connectivity index (χ4v) is 17.2. The van der Waals surface area contributed by atoms with Crippen LogP contribution in [0.5, 0.6) is 0 Å². The van der Waals surface area contributed by atoms with Gasteiger partial charge in [-0.25, -0.2) is 0 Å². The lowest BCUT2D eigenvalue weighted by atomic mass is 9.78. The van der Waals surface area contributed by atoms with Crippen LogP contribution in [0.15, 0.2) is 286 Å². The summed E-state index contributed by atoms with van der Waals surface area (Å²) in [6.07, 6.45) is -1.75. The van der Waals surface area contributed by atoms with Crippen molar-refractivity contribution in [2.75, 3.05) is 0 Å². The van der Waals surface area contributed by atoms with Crippen molar-refractivity contribution in [2.45, 2.75) is 117 Å². The molecule has 18 aromatic rings. The minimum atomic E-state index is -4.69. The zero-order chi connectivity index (χ0) is 77.9. The topological polar surface area (TPSA) is 45.5 Å². The second-order valence-electron chi connectivity index (χ2n) is 33.8. The van der Waals surface area contributed by atoms with Crippen LogP contribution in [0, 0.1) is 0 Å². The lowest BCUT2D eigenvalue weighted by Gasteiger charge is -2.26. The van der Waals surface area contributed by atoms with Gasteiger partial charge in [0.05, 0.1) is 90.4 Å². The number of halogens is 6. The summed E-state index contributed by atoms with van der Waals surface area (Å²) in [6.45, 7) is 24.2. The zero-order valence-electron chi connectivity index (χ0n) is 64.3. The van der Waals surface area contributed by atoms with E-state index in [4.69, 9.17) is 9.97 Å². The monoisotopic (exact) mass is 1480 g/mol. The average molecular weight is 1480 g/mol. The van der Waals surface area contributed by atoms with Gasteiger partial charge in [0, 0.05) is 77.7 Å². The largest absolute Gasteiger partial charge is 0.416 e. The summed E-state index contributed by atoms with van der Waals surface area (Å²) in [5.74, 6) is 0. The standard InChI is InChI=1S/C100H82F6N6/c1-95(2,3)65-33-41-84-77(51-65)78-52-66(96(4,5)6)34-42-85(78)109(84)90-55-69(99(101,102)103)31-37-72(90)74-45-47-108-59-93(74)111-86-43-35-67(97(7,8)9)53-79(86)80-54-68(36-44-87(80)111)98(10,11)57-64-25-20-28-89-94(64)81-50-63(61-23-16-13-17-24-61)30-40-88(81)112(89)91-56-70(100(104,105)106)32-38-73(91)75-46-48-107-58-92(75)110-82-27-19-18-26-71(82)76-49-62(29-39-83(76)110)60-21-14-12-15-22-60/h12-56,58-59H,57H2,1-11H3. The van der Waals surface area contributed by atoms with Crippen molar-refractivity contribution in [2.24, 2.45) is 0 Å². The molecule has 0 saturated heterocycles. The van der Waals surface area contributed by atoms with Crippen LogP contribution in [0.4, 0.5) is 26.3 Å².